The van der Waals surface area contributed by atoms with Gasteiger partial charge in [-0.3, -0.25) is 14.6 Å². The first-order valence-corrected chi connectivity index (χ1v) is 3.12. The topological polar surface area (TPSA) is 109 Å². The monoisotopic (exact) mass is 169 g/mol. The van der Waals surface area contributed by atoms with E-state index in [1.807, 2.05) is 4.98 Å². The van der Waals surface area contributed by atoms with Crippen LogP contribution in [-0.4, -0.2) is 21.0 Å². The van der Waals surface area contributed by atoms with Crippen LogP contribution in [0.15, 0.2) is 4.79 Å². The highest BCUT2D eigenvalue weighted by atomic mass is 16.3. The predicted molar refractivity (Wildman–Crippen MR) is 39.8 cm³/mol. The van der Waals surface area contributed by atoms with Crippen LogP contribution >= 0.6 is 0 Å². The lowest BCUT2D eigenvalue weighted by atomic mass is 10.4. The van der Waals surface area contributed by atoms with Gasteiger partial charge in [0.2, 0.25) is 5.88 Å². The van der Waals surface area contributed by atoms with Crippen molar-refractivity contribution in [3.63, 3.8) is 0 Å². The Morgan fingerprint density at radius 2 is 2.25 bits per heavy atom. The number of nitrogens with one attached hydrogen (secondary N) is 1. The van der Waals surface area contributed by atoms with E-state index >= 15 is 0 Å². The molecule has 0 fully saturated rings. The minimum Gasteiger partial charge on any atom is -0.493 e. The van der Waals surface area contributed by atoms with Crippen molar-refractivity contribution < 1.29 is 9.90 Å². The molecule has 0 saturated carbocycles. The van der Waals surface area contributed by atoms with Gasteiger partial charge in [-0.15, -0.1) is 0 Å². The summed E-state index contributed by atoms with van der Waals surface area (Å²) >= 11 is 0. The van der Waals surface area contributed by atoms with Crippen molar-refractivity contribution in [2.45, 2.75) is 6.92 Å². The summed E-state index contributed by atoms with van der Waals surface area (Å²) in [6.45, 7) is 1.41. The van der Waals surface area contributed by atoms with Gasteiger partial charge in [0, 0.05) is 0 Å². The molecule has 6 heteroatoms. The molecule has 1 heterocycles. The van der Waals surface area contributed by atoms with E-state index in [4.69, 9.17) is 10.8 Å². The molecule has 12 heavy (non-hydrogen) atoms. The molecular formula is C6H7N3O3. The van der Waals surface area contributed by atoms with Crippen LogP contribution in [0.25, 0.3) is 0 Å². The van der Waals surface area contributed by atoms with E-state index in [9.17, 15) is 9.59 Å². The zero-order chi connectivity index (χ0) is 9.30. The minimum atomic E-state index is -0.883. The van der Waals surface area contributed by atoms with Crippen LogP contribution < -0.4 is 11.3 Å². The van der Waals surface area contributed by atoms with Crippen molar-refractivity contribution in [2.24, 2.45) is 5.73 Å². The lowest BCUT2D eigenvalue weighted by Crippen LogP contribution is -2.20. The van der Waals surface area contributed by atoms with Gasteiger partial charge in [0.05, 0.1) is 0 Å². The van der Waals surface area contributed by atoms with E-state index in [1.54, 1.807) is 0 Å². The Morgan fingerprint density at radius 1 is 1.67 bits per heavy atom. The zero-order valence-corrected chi connectivity index (χ0v) is 6.29. The number of carbonyl (C=O) groups excluding carboxylic acids is 1. The maximum absolute atomic E-state index is 10.8. The van der Waals surface area contributed by atoms with Gasteiger partial charge in [-0.2, -0.15) is 0 Å². The summed E-state index contributed by atoms with van der Waals surface area (Å²) in [4.78, 5) is 26.9. The van der Waals surface area contributed by atoms with E-state index in [0.29, 0.717) is 0 Å². The Hall–Kier alpha value is -1.85. The zero-order valence-electron chi connectivity index (χ0n) is 6.29. The molecule has 0 aliphatic carbocycles. The van der Waals surface area contributed by atoms with Gasteiger partial charge in [0.1, 0.15) is 5.69 Å². The van der Waals surface area contributed by atoms with E-state index in [2.05, 4.69) is 4.98 Å². The number of aromatic amines is 1. The highest BCUT2D eigenvalue weighted by Gasteiger charge is 2.11. The van der Waals surface area contributed by atoms with Crippen LogP contribution in [0.4, 0.5) is 0 Å². The molecule has 0 spiro atoms. The second-order valence-electron chi connectivity index (χ2n) is 2.21. The SMILES string of the molecule is Cc1nc(C(N)=O)c(O)[nH]c1=O. The Labute approximate surface area is 67.1 Å². The van der Waals surface area contributed by atoms with Crippen molar-refractivity contribution in [1.82, 2.24) is 9.97 Å². The average Bonchev–Trinajstić information content (AvgIpc) is 1.96. The number of H-pyrrole nitrogens is 1. The van der Waals surface area contributed by atoms with Gasteiger partial charge in [0.15, 0.2) is 5.69 Å². The van der Waals surface area contributed by atoms with Gasteiger partial charge < -0.3 is 10.8 Å². The second-order valence-corrected chi connectivity index (χ2v) is 2.21. The molecule has 6 nitrogen and oxygen atoms in total. The molecule has 0 atom stereocenters. The van der Waals surface area contributed by atoms with Gasteiger partial charge in [-0.05, 0) is 6.92 Å². The third kappa shape index (κ3) is 1.26. The van der Waals surface area contributed by atoms with Crippen LogP contribution in [0, 0.1) is 6.92 Å². The fourth-order valence-corrected chi connectivity index (χ4v) is 0.700. The first-order valence-electron chi connectivity index (χ1n) is 3.12. The standard InChI is InChI=1S/C6H7N3O3/c1-2-5(11)9-6(12)3(8-2)4(7)10/h1H3,(H2,7,10)(H2,9,11,12). The third-order valence-corrected chi connectivity index (χ3v) is 1.30. The van der Waals surface area contributed by atoms with Gasteiger partial charge in [-0.25, -0.2) is 4.98 Å². The molecule has 1 rings (SSSR count). The molecule has 0 aliphatic rings. The molecule has 0 saturated heterocycles. The van der Waals surface area contributed by atoms with Crippen LogP contribution in [0.2, 0.25) is 0 Å². The number of nitrogens with zero attached hydrogens (tertiary/aromatic N) is 1. The number of aromatic nitrogens is 2. The number of aromatic hydroxyl groups is 1. The fraction of sp³-hybridized carbons (Fsp3) is 0.167. The summed E-state index contributed by atoms with van der Waals surface area (Å²) in [6, 6.07) is 0. The summed E-state index contributed by atoms with van der Waals surface area (Å²) in [5, 5.41) is 8.97. The summed E-state index contributed by atoms with van der Waals surface area (Å²) in [6.07, 6.45) is 0. The van der Waals surface area contributed by atoms with Gasteiger partial charge >= 0.3 is 0 Å². The molecule has 0 aromatic carbocycles. The Balaban J connectivity index is 3.43. The summed E-state index contributed by atoms with van der Waals surface area (Å²) in [7, 11) is 0. The number of hydrogen-bond acceptors (Lipinski definition) is 4. The van der Waals surface area contributed by atoms with Crippen LogP contribution in [0.5, 0.6) is 5.88 Å². The number of nitrogens with two attached hydrogens (primary N) is 1. The molecule has 0 aliphatic heterocycles. The number of aryl methyl sites for hydroxylation is 1. The predicted octanol–water partition coefficient (Wildman–Crippen LogP) is -1.12. The molecule has 0 bridgehead atoms. The molecule has 0 unspecified atom stereocenters. The Morgan fingerprint density at radius 3 is 2.75 bits per heavy atom. The van der Waals surface area contributed by atoms with Crippen molar-refractivity contribution in [3.05, 3.63) is 21.7 Å². The molecule has 1 amide bonds. The van der Waals surface area contributed by atoms with Crippen molar-refractivity contribution >= 4 is 5.91 Å². The Bertz CT molecular complexity index is 382. The molecule has 0 radical (unpaired) electrons. The second kappa shape index (κ2) is 2.65. The minimum absolute atomic E-state index is 0.0848. The Kier molecular flexibility index (Phi) is 1.82. The third-order valence-electron chi connectivity index (χ3n) is 1.30. The number of carbonyl (C=O) groups is 1. The van der Waals surface area contributed by atoms with Crippen LogP contribution in [-0.2, 0) is 0 Å². The van der Waals surface area contributed by atoms with Crippen LogP contribution in [0.3, 0.4) is 0 Å². The van der Waals surface area contributed by atoms with E-state index in [0.717, 1.165) is 0 Å². The first-order chi connectivity index (χ1) is 5.52. The van der Waals surface area contributed by atoms with E-state index < -0.39 is 17.3 Å². The summed E-state index contributed by atoms with van der Waals surface area (Å²) < 4.78 is 0. The van der Waals surface area contributed by atoms with Gasteiger partial charge in [0.25, 0.3) is 11.5 Å². The number of hydrogen-bond donors (Lipinski definition) is 3. The van der Waals surface area contributed by atoms with Crippen molar-refractivity contribution in [1.29, 1.82) is 0 Å². The lowest BCUT2D eigenvalue weighted by Gasteiger charge is -1.98. The number of rotatable bonds is 1. The molecule has 1 aromatic rings. The smallest absolute Gasteiger partial charge is 0.272 e. The number of primary amides is 1. The maximum Gasteiger partial charge on any atom is 0.272 e. The average molecular weight is 169 g/mol. The quantitative estimate of drug-likeness (QED) is 0.494. The van der Waals surface area contributed by atoms with Crippen molar-refractivity contribution in [3.8, 4) is 5.88 Å². The highest BCUT2D eigenvalue weighted by molar-refractivity contribution is 5.92. The van der Waals surface area contributed by atoms with Crippen LogP contribution in [0.1, 0.15) is 16.2 Å². The summed E-state index contributed by atoms with van der Waals surface area (Å²) in [5.74, 6) is -1.48. The van der Waals surface area contributed by atoms with Crippen molar-refractivity contribution in [2.75, 3.05) is 0 Å². The molecule has 4 N–H and O–H groups in total. The molecule has 1 aromatic heterocycles. The first kappa shape index (κ1) is 8.25. The van der Waals surface area contributed by atoms with E-state index in [-0.39, 0.29) is 11.4 Å². The van der Waals surface area contributed by atoms with E-state index in [1.165, 1.54) is 6.92 Å². The lowest BCUT2D eigenvalue weighted by molar-refractivity contribution is 0.0991. The maximum atomic E-state index is 10.8. The van der Waals surface area contributed by atoms with Gasteiger partial charge in [-0.1, -0.05) is 0 Å². The summed E-state index contributed by atoms with van der Waals surface area (Å²) in [5.41, 5.74) is 4.06. The molecular weight excluding hydrogens is 162 g/mol. The normalized spacial score (nSPS) is 9.75. The molecule has 64 valence electrons. The number of amides is 1. The highest BCUT2D eigenvalue weighted by Crippen LogP contribution is 2.05. The fourth-order valence-electron chi connectivity index (χ4n) is 0.700. The largest absolute Gasteiger partial charge is 0.493 e.